The van der Waals surface area contributed by atoms with E-state index >= 15 is 0 Å². The zero-order valence-corrected chi connectivity index (χ0v) is 9.37. The van der Waals surface area contributed by atoms with Gasteiger partial charge in [0.2, 0.25) is 0 Å². The van der Waals surface area contributed by atoms with E-state index in [0.717, 1.165) is 4.47 Å². The van der Waals surface area contributed by atoms with Crippen LogP contribution in [0.1, 0.15) is 0 Å². The Bertz CT molecular complexity index is 316. The van der Waals surface area contributed by atoms with E-state index < -0.39 is 10.0 Å². The topological polar surface area (TPSA) is 26.3 Å². The molecule has 0 saturated carbocycles. The summed E-state index contributed by atoms with van der Waals surface area (Å²) in [5.41, 5.74) is 0. The first-order chi connectivity index (χ1) is 5.65. The molecule has 0 saturated heterocycles. The first-order valence-electron chi connectivity index (χ1n) is 3.06. The Labute approximate surface area is 86.0 Å². The van der Waals surface area contributed by atoms with Crippen LogP contribution in [0.2, 0.25) is 0 Å². The van der Waals surface area contributed by atoms with Crippen LogP contribution in [-0.2, 0) is 10.0 Å². The van der Waals surface area contributed by atoms with Crippen LogP contribution in [0.3, 0.4) is 0 Å². The quantitative estimate of drug-likeness (QED) is 0.772. The molecule has 0 radical (unpaired) electrons. The van der Waals surface area contributed by atoms with Crippen molar-refractivity contribution < 1.29 is 8.95 Å². The van der Waals surface area contributed by atoms with Crippen LogP contribution < -0.4 is 4.74 Å². The fraction of sp³-hybridized carbons (Fsp3) is 0.143. The number of rotatable bonds is 2. The molecule has 1 aromatic rings. The number of halogens is 2. The van der Waals surface area contributed by atoms with E-state index in [1.54, 1.807) is 18.2 Å². The predicted molar refractivity (Wildman–Crippen MR) is 53.0 cm³/mol. The van der Waals surface area contributed by atoms with E-state index in [1.165, 1.54) is 7.11 Å². The second kappa shape index (κ2) is 4.25. The summed E-state index contributed by atoms with van der Waals surface area (Å²) in [5, 5.41) is 0. The third kappa shape index (κ3) is 2.21. The van der Waals surface area contributed by atoms with Gasteiger partial charge in [0.15, 0.2) is 10.0 Å². The summed E-state index contributed by atoms with van der Waals surface area (Å²) < 4.78 is 16.8. The van der Waals surface area contributed by atoms with Crippen molar-refractivity contribution in [3.63, 3.8) is 0 Å². The molecular formula is C7H6BrClO2S. The number of methoxy groups -OCH3 is 1. The van der Waals surface area contributed by atoms with Gasteiger partial charge in [0.25, 0.3) is 0 Å². The van der Waals surface area contributed by atoms with Crippen LogP contribution in [0.25, 0.3) is 0 Å². The molecule has 0 amide bonds. The minimum absolute atomic E-state index is 0.488. The van der Waals surface area contributed by atoms with Crippen molar-refractivity contribution in [1.29, 1.82) is 0 Å². The van der Waals surface area contributed by atoms with Crippen molar-refractivity contribution in [2.24, 2.45) is 0 Å². The smallest absolute Gasteiger partial charge is 0.151 e. The molecule has 1 atom stereocenters. The number of hydrogen-bond acceptors (Lipinski definition) is 2. The maximum Gasteiger partial charge on any atom is 0.151 e. The van der Waals surface area contributed by atoms with Gasteiger partial charge >= 0.3 is 0 Å². The molecule has 0 N–H and O–H groups in total. The van der Waals surface area contributed by atoms with Crippen LogP contribution in [0.4, 0.5) is 0 Å². The summed E-state index contributed by atoms with van der Waals surface area (Å²) in [4.78, 5) is 0.488. The molecule has 12 heavy (non-hydrogen) atoms. The van der Waals surface area contributed by atoms with Crippen molar-refractivity contribution in [3.05, 3.63) is 22.7 Å². The lowest BCUT2D eigenvalue weighted by Gasteiger charge is -2.04. The van der Waals surface area contributed by atoms with E-state index in [2.05, 4.69) is 15.9 Å². The van der Waals surface area contributed by atoms with Gasteiger partial charge in [-0.3, -0.25) is 0 Å². The number of hydrogen-bond donors (Lipinski definition) is 0. The first kappa shape index (κ1) is 10.0. The highest BCUT2D eigenvalue weighted by Crippen LogP contribution is 2.27. The van der Waals surface area contributed by atoms with Crippen LogP contribution in [0, 0.1) is 0 Å². The van der Waals surface area contributed by atoms with Crippen molar-refractivity contribution in [3.8, 4) is 5.75 Å². The molecular weight excluding hydrogens is 263 g/mol. The van der Waals surface area contributed by atoms with Gasteiger partial charge in [0.05, 0.1) is 12.0 Å². The maximum absolute atomic E-state index is 10.9. The molecule has 0 spiro atoms. The van der Waals surface area contributed by atoms with E-state index in [1.807, 2.05) is 0 Å². The van der Waals surface area contributed by atoms with Gasteiger partial charge in [0, 0.05) is 4.47 Å². The van der Waals surface area contributed by atoms with Gasteiger partial charge in [0.1, 0.15) is 5.75 Å². The summed E-state index contributed by atoms with van der Waals surface area (Å²) in [6.45, 7) is 0. The molecule has 66 valence electrons. The van der Waals surface area contributed by atoms with E-state index in [-0.39, 0.29) is 0 Å². The Morgan fingerprint density at radius 3 is 2.75 bits per heavy atom. The minimum Gasteiger partial charge on any atom is -0.495 e. The number of ether oxygens (including phenoxy) is 1. The highest BCUT2D eigenvalue weighted by atomic mass is 79.9. The van der Waals surface area contributed by atoms with E-state index in [0.29, 0.717) is 10.6 Å². The average molecular weight is 270 g/mol. The lowest BCUT2D eigenvalue weighted by molar-refractivity contribution is 0.404. The second-order valence-corrected chi connectivity index (χ2v) is 4.66. The zero-order valence-electron chi connectivity index (χ0n) is 6.21. The molecule has 0 aromatic heterocycles. The molecule has 0 heterocycles. The number of benzene rings is 1. The molecule has 0 aliphatic heterocycles. The third-order valence-electron chi connectivity index (χ3n) is 1.30. The molecule has 0 aliphatic rings. The largest absolute Gasteiger partial charge is 0.495 e. The van der Waals surface area contributed by atoms with Crippen molar-refractivity contribution >= 4 is 36.6 Å². The van der Waals surface area contributed by atoms with Gasteiger partial charge < -0.3 is 4.74 Å². The summed E-state index contributed by atoms with van der Waals surface area (Å²) in [6.07, 6.45) is 0. The SMILES string of the molecule is COc1cc(Br)ccc1S(=O)Cl. The first-order valence-corrected chi connectivity index (χ1v) is 5.83. The molecule has 0 fully saturated rings. The van der Waals surface area contributed by atoms with Gasteiger partial charge in [-0.25, -0.2) is 4.21 Å². The van der Waals surface area contributed by atoms with Gasteiger partial charge in [-0.2, -0.15) is 0 Å². The van der Waals surface area contributed by atoms with Crippen molar-refractivity contribution in [1.82, 2.24) is 0 Å². The average Bonchev–Trinajstić information content (AvgIpc) is 2.03. The van der Waals surface area contributed by atoms with E-state index in [9.17, 15) is 4.21 Å². The highest BCUT2D eigenvalue weighted by molar-refractivity contribution is 9.10. The van der Waals surface area contributed by atoms with Crippen LogP contribution in [0.15, 0.2) is 27.6 Å². The molecule has 0 bridgehead atoms. The molecule has 5 heteroatoms. The monoisotopic (exact) mass is 268 g/mol. The van der Waals surface area contributed by atoms with Crippen LogP contribution in [0.5, 0.6) is 5.75 Å². The van der Waals surface area contributed by atoms with Crippen molar-refractivity contribution in [2.75, 3.05) is 7.11 Å². The third-order valence-corrected chi connectivity index (χ3v) is 2.97. The fourth-order valence-electron chi connectivity index (χ4n) is 0.774. The molecule has 1 aromatic carbocycles. The maximum atomic E-state index is 10.9. The van der Waals surface area contributed by atoms with E-state index in [4.69, 9.17) is 15.4 Å². The molecule has 1 unspecified atom stereocenters. The second-order valence-electron chi connectivity index (χ2n) is 2.02. The summed E-state index contributed by atoms with van der Waals surface area (Å²) in [5.74, 6) is 0.526. The summed E-state index contributed by atoms with van der Waals surface area (Å²) in [7, 11) is 5.40. The van der Waals surface area contributed by atoms with Gasteiger partial charge in [-0.15, -0.1) is 0 Å². The Kier molecular flexibility index (Phi) is 3.55. The summed E-state index contributed by atoms with van der Waals surface area (Å²) >= 11 is 3.26. The Morgan fingerprint density at radius 2 is 2.25 bits per heavy atom. The Morgan fingerprint density at radius 1 is 1.58 bits per heavy atom. The molecule has 1 rings (SSSR count). The van der Waals surface area contributed by atoms with Gasteiger partial charge in [-0.05, 0) is 28.9 Å². The fourth-order valence-corrected chi connectivity index (χ4v) is 1.97. The molecule has 0 aliphatic carbocycles. The minimum atomic E-state index is -1.52. The molecule has 2 nitrogen and oxygen atoms in total. The zero-order chi connectivity index (χ0) is 9.14. The lowest BCUT2D eigenvalue weighted by Crippen LogP contribution is -1.90. The van der Waals surface area contributed by atoms with Crippen LogP contribution >= 0.6 is 26.6 Å². The van der Waals surface area contributed by atoms with Crippen LogP contribution in [-0.4, -0.2) is 11.3 Å². The summed E-state index contributed by atoms with van der Waals surface area (Å²) in [6, 6.07) is 5.14. The predicted octanol–water partition coefficient (Wildman–Crippen LogP) is 2.72. The van der Waals surface area contributed by atoms with Gasteiger partial charge in [-0.1, -0.05) is 15.9 Å². The standard InChI is InChI=1S/C7H6BrClO2S/c1-11-6-4-5(8)2-3-7(6)12(9)10/h2-4H,1H3. The van der Waals surface area contributed by atoms with Crippen molar-refractivity contribution in [2.45, 2.75) is 4.90 Å². The lowest BCUT2D eigenvalue weighted by atomic mass is 10.3. The Hall–Kier alpha value is -0.0600. The Balaban J connectivity index is 3.20. The highest BCUT2D eigenvalue weighted by Gasteiger charge is 2.07. The normalized spacial score (nSPS) is 12.6.